The lowest BCUT2D eigenvalue weighted by molar-refractivity contribution is 0.0696. The third kappa shape index (κ3) is 3.43. The van der Waals surface area contributed by atoms with Gasteiger partial charge < -0.3 is 10.1 Å². The molecular weight excluding hydrogens is 282 g/mol. The molecule has 20 heavy (non-hydrogen) atoms. The van der Waals surface area contributed by atoms with Crippen molar-refractivity contribution in [3.05, 3.63) is 48.0 Å². The quantitative estimate of drug-likeness (QED) is 0.723. The Morgan fingerprint density at radius 1 is 1.30 bits per heavy atom. The second-order valence-corrected chi connectivity index (χ2v) is 5.78. The summed E-state index contributed by atoms with van der Waals surface area (Å²) in [5.41, 5.74) is 0.0412. The minimum Gasteiger partial charge on any atom is -0.478 e. The fourth-order valence-corrected chi connectivity index (χ4v) is 2.63. The van der Waals surface area contributed by atoms with Crippen LogP contribution in [-0.4, -0.2) is 36.0 Å². The molecule has 2 aromatic rings. The van der Waals surface area contributed by atoms with Crippen molar-refractivity contribution in [2.24, 2.45) is 0 Å². The lowest BCUT2D eigenvalue weighted by Crippen LogP contribution is -2.26. The number of hydrogen-bond donors (Lipinski definition) is 3. The largest absolute Gasteiger partial charge is 0.478 e. The minimum absolute atomic E-state index is 0.0296. The number of carbonyl (C=O) groups is 1. The molecule has 0 saturated carbocycles. The Bertz CT molecular complexity index is 678. The predicted molar refractivity (Wildman–Crippen MR) is 70.9 cm³/mol. The molecule has 0 aliphatic rings. The molecule has 0 saturated heterocycles. The molecule has 8 heteroatoms. The zero-order chi connectivity index (χ0) is 14.6. The number of hydrogen-bond acceptors (Lipinski definition) is 4. The number of benzene rings is 1. The van der Waals surface area contributed by atoms with Gasteiger partial charge in [-0.15, -0.1) is 0 Å². The molecular formula is C12H13N3O4S. The minimum atomic E-state index is -3.64. The van der Waals surface area contributed by atoms with Gasteiger partial charge in [-0.3, -0.25) is 0 Å². The maximum Gasteiger partial charge on any atom is 0.335 e. The highest BCUT2D eigenvalue weighted by molar-refractivity contribution is 7.89. The molecule has 0 aliphatic carbocycles. The predicted octanol–water partition coefficient (Wildman–Crippen LogP) is 0.629. The number of nitrogens with one attached hydrogen (secondary N) is 2. The van der Waals surface area contributed by atoms with Crippen LogP contribution in [0.4, 0.5) is 0 Å². The lowest BCUT2D eigenvalue weighted by atomic mass is 10.2. The summed E-state index contributed by atoms with van der Waals surface area (Å²) in [5, 5.41) is 8.75. The Morgan fingerprint density at radius 3 is 2.55 bits per heavy atom. The molecule has 0 fully saturated rings. The van der Waals surface area contributed by atoms with Gasteiger partial charge in [0.25, 0.3) is 0 Å². The first kappa shape index (κ1) is 14.2. The van der Waals surface area contributed by atoms with Gasteiger partial charge >= 0.3 is 5.97 Å². The Hall–Kier alpha value is -2.19. The first-order valence-electron chi connectivity index (χ1n) is 5.80. The second-order valence-electron chi connectivity index (χ2n) is 4.01. The molecule has 0 radical (unpaired) electrons. The number of aromatic amines is 1. The highest BCUT2D eigenvalue weighted by atomic mass is 32.2. The van der Waals surface area contributed by atoms with E-state index in [-0.39, 0.29) is 17.0 Å². The van der Waals surface area contributed by atoms with E-state index in [1.807, 2.05) is 0 Å². The summed E-state index contributed by atoms with van der Waals surface area (Å²) in [6.45, 7) is 0.205. The summed E-state index contributed by atoms with van der Waals surface area (Å²) in [6, 6.07) is 5.03. The number of aromatic carboxylic acids is 1. The number of nitrogens with zero attached hydrogens (tertiary/aromatic N) is 1. The van der Waals surface area contributed by atoms with Crippen molar-refractivity contribution in [2.45, 2.75) is 11.3 Å². The first-order valence-corrected chi connectivity index (χ1v) is 7.28. The summed E-state index contributed by atoms with van der Waals surface area (Å²) in [7, 11) is -3.64. The number of H-pyrrole nitrogens is 1. The van der Waals surface area contributed by atoms with Crippen LogP contribution >= 0.6 is 0 Å². The van der Waals surface area contributed by atoms with Crippen LogP contribution in [-0.2, 0) is 16.4 Å². The summed E-state index contributed by atoms with van der Waals surface area (Å²) in [6.07, 6.45) is 3.70. The number of carboxylic acids is 1. The van der Waals surface area contributed by atoms with E-state index in [1.54, 1.807) is 12.4 Å². The molecule has 0 spiro atoms. The van der Waals surface area contributed by atoms with Crippen molar-refractivity contribution < 1.29 is 18.3 Å². The van der Waals surface area contributed by atoms with Crippen LogP contribution in [0.1, 0.15) is 16.2 Å². The van der Waals surface area contributed by atoms with E-state index in [1.165, 1.54) is 24.3 Å². The van der Waals surface area contributed by atoms with Crippen molar-refractivity contribution in [1.82, 2.24) is 14.7 Å². The number of sulfonamides is 1. The molecule has 0 unspecified atom stereocenters. The number of imidazole rings is 1. The van der Waals surface area contributed by atoms with E-state index in [9.17, 15) is 13.2 Å². The van der Waals surface area contributed by atoms with Crippen molar-refractivity contribution in [3.8, 4) is 0 Å². The third-order valence-electron chi connectivity index (χ3n) is 2.62. The van der Waals surface area contributed by atoms with Crippen molar-refractivity contribution in [3.63, 3.8) is 0 Å². The zero-order valence-electron chi connectivity index (χ0n) is 10.4. The molecule has 1 aromatic carbocycles. The second kappa shape index (κ2) is 5.85. The molecule has 0 aliphatic heterocycles. The number of aromatic nitrogens is 2. The molecule has 2 rings (SSSR count). The third-order valence-corrected chi connectivity index (χ3v) is 4.10. The highest BCUT2D eigenvalue weighted by Crippen LogP contribution is 2.10. The zero-order valence-corrected chi connectivity index (χ0v) is 11.2. The van der Waals surface area contributed by atoms with E-state index in [0.29, 0.717) is 12.2 Å². The number of rotatable bonds is 6. The van der Waals surface area contributed by atoms with Crippen LogP contribution in [0.25, 0.3) is 0 Å². The van der Waals surface area contributed by atoms with Crippen LogP contribution in [0.2, 0.25) is 0 Å². The van der Waals surface area contributed by atoms with Gasteiger partial charge in [-0.25, -0.2) is 22.9 Å². The maximum absolute atomic E-state index is 12.0. The highest BCUT2D eigenvalue weighted by Gasteiger charge is 2.14. The van der Waals surface area contributed by atoms with Crippen molar-refractivity contribution >= 4 is 16.0 Å². The van der Waals surface area contributed by atoms with Gasteiger partial charge in [0.05, 0.1) is 10.5 Å². The Labute approximate surface area is 115 Å². The van der Waals surface area contributed by atoms with Crippen molar-refractivity contribution in [2.75, 3.05) is 6.54 Å². The van der Waals surface area contributed by atoms with E-state index in [2.05, 4.69) is 14.7 Å². The molecule has 0 amide bonds. The smallest absolute Gasteiger partial charge is 0.335 e. The van der Waals surface area contributed by atoms with Gasteiger partial charge in [0.1, 0.15) is 5.82 Å². The van der Waals surface area contributed by atoms with E-state index in [0.717, 1.165) is 0 Å². The number of carboxylic acid groups (broad SMARTS) is 1. The van der Waals surface area contributed by atoms with Gasteiger partial charge in [0.15, 0.2) is 0 Å². The normalized spacial score (nSPS) is 11.4. The average molecular weight is 295 g/mol. The first-order chi connectivity index (χ1) is 9.49. The summed E-state index contributed by atoms with van der Waals surface area (Å²) < 4.78 is 26.3. The summed E-state index contributed by atoms with van der Waals surface area (Å²) in [4.78, 5) is 17.6. The Balaban J connectivity index is 2.00. The molecule has 0 atom stereocenters. The topological polar surface area (TPSA) is 112 Å². The van der Waals surface area contributed by atoms with Crippen LogP contribution in [0.15, 0.2) is 41.6 Å². The maximum atomic E-state index is 12.0. The van der Waals surface area contributed by atoms with Gasteiger partial charge in [-0.2, -0.15) is 0 Å². The lowest BCUT2D eigenvalue weighted by Gasteiger charge is -2.06. The molecule has 3 N–H and O–H groups in total. The van der Waals surface area contributed by atoms with Gasteiger partial charge in [0.2, 0.25) is 10.0 Å². The van der Waals surface area contributed by atoms with Gasteiger partial charge in [0, 0.05) is 25.4 Å². The van der Waals surface area contributed by atoms with Crippen LogP contribution in [0, 0.1) is 0 Å². The summed E-state index contributed by atoms with van der Waals surface area (Å²) >= 11 is 0. The van der Waals surface area contributed by atoms with E-state index < -0.39 is 16.0 Å². The van der Waals surface area contributed by atoms with E-state index in [4.69, 9.17) is 5.11 Å². The molecule has 1 heterocycles. The molecule has 1 aromatic heterocycles. The van der Waals surface area contributed by atoms with Crippen molar-refractivity contribution in [1.29, 1.82) is 0 Å². The molecule has 0 bridgehead atoms. The molecule has 106 valence electrons. The van der Waals surface area contributed by atoms with Gasteiger partial charge in [-0.1, -0.05) is 0 Å². The van der Waals surface area contributed by atoms with Gasteiger partial charge in [-0.05, 0) is 24.3 Å². The Kier molecular flexibility index (Phi) is 4.16. The fraction of sp³-hybridized carbons (Fsp3) is 0.167. The fourth-order valence-electron chi connectivity index (χ4n) is 1.60. The van der Waals surface area contributed by atoms with Crippen LogP contribution < -0.4 is 4.72 Å². The monoisotopic (exact) mass is 295 g/mol. The Morgan fingerprint density at radius 2 is 2.00 bits per heavy atom. The van der Waals surface area contributed by atoms with Crippen LogP contribution in [0.3, 0.4) is 0 Å². The SMILES string of the molecule is O=C(O)c1ccc(S(=O)(=O)NCCc2ncc[nH]2)cc1. The average Bonchev–Trinajstić information content (AvgIpc) is 2.92. The summed E-state index contributed by atoms with van der Waals surface area (Å²) in [5.74, 6) is -0.409. The molecule has 7 nitrogen and oxygen atoms in total. The van der Waals surface area contributed by atoms with E-state index >= 15 is 0 Å². The standard InChI is InChI=1S/C12H13N3O4S/c16-12(17)9-1-3-10(4-2-9)20(18,19)15-6-5-11-13-7-8-14-11/h1-4,7-8,15H,5-6H2,(H,13,14)(H,16,17). The van der Waals surface area contributed by atoms with Crippen LogP contribution in [0.5, 0.6) is 0 Å².